The molecule has 156 valence electrons. The normalized spacial score (nSPS) is 19.1. The van der Waals surface area contributed by atoms with Crippen molar-refractivity contribution in [1.29, 1.82) is 0 Å². The zero-order chi connectivity index (χ0) is 20.5. The molecule has 29 heavy (non-hydrogen) atoms. The number of hydrogen-bond acceptors (Lipinski definition) is 3. The number of ether oxygens (including phenoxy) is 1. The van der Waals surface area contributed by atoms with E-state index in [0.717, 1.165) is 36.4 Å². The summed E-state index contributed by atoms with van der Waals surface area (Å²) >= 11 is 0. The Hall–Kier alpha value is -2.16. The maximum Gasteiger partial charge on any atom is 0.314 e. The molecule has 1 aliphatic carbocycles. The van der Waals surface area contributed by atoms with Crippen LogP contribution in [0.5, 0.6) is 5.75 Å². The summed E-state index contributed by atoms with van der Waals surface area (Å²) < 4.78 is 5.67. The number of hydrogen-bond donors (Lipinski definition) is 0. The van der Waals surface area contributed by atoms with Crippen LogP contribution in [0.2, 0.25) is 0 Å². The molecule has 0 N–H and O–H groups in total. The van der Waals surface area contributed by atoms with Gasteiger partial charge in [0.25, 0.3) is 0 Å². The summed E-state index contributed by atoms with van der Waals surface area (Å²) in [6.07, 6.45) is 13.9. The molecule has 1 aliphatic rings. The molecule has 0 amide bonds. The quantitative estimate of drug-likeness (QED) is 0.262. The topological polar surface area (TPSA) is 39.2 Å². The van der Waals surface area contributed by atoms with Crippen molar-refractivity contribution in [2.24, 2.45) is 11.8 Å². The first-order chi connectivity index (χ1) is 14.2. The minimum Gasteiger partial charge on any atom is -0.426 e. The SMILES string of the molecule is CCCCCCC1CCC(C(=O)Oc2ccc(-c3ccc(CC)cn3)cc2)CC1. The fourth-order valence-corrected chi connectivity index (χ4v) is 4.24. The summed E-state index contributed by atoms with van der Waals surface area (Å²) in [5.41, 5.74) is 3.21. The number of nitrogens with zero attached hydrogens (tertiary/aromatic N) is 1. The van der Waals surface area contributed by atoms with Gasteiger partial charge in [0, 0.05) is 11.8 Å². The molecule has 0 spiro atoms. The van der Waals surface area contributed by atoms with Gasteiger partial charge in [0.1, 0.15) is 5.75 Å². The summed E-state index contributed by atoms with van der Waals surface area (Å²) in [7, 11) is 0. The van der Waals surface area contributed by atoms with E-state index in [1.165, 1.54) is 50.5 Å². The Morgan fingerprint density at radius 1 is 0.966 bits per heavy atom. The first-order valence-corrected chi connectivity index (χ1v) is 11.5. The molecule has 2 aromatic rings. The number of aryl methyl sites for hydroxylation is 1. The number of aromatic nitrogens is 1. The average molecular weight is 394 g/mol. The molecule has 3 nitrogen and oxygen atoms in total. The second-order valence-corrected chi connectivity index (χ2v) is 8.42. The van der Waals surface area contributed by atoms with Crippen molar-refractivity contribution in [2.45, 2.75) is 78.1 Å². The van der Waals surface area contributed by atoms with Crippen LogP contribution >= 0.6 is 0 Å². The lowest BCUT2D eigenvalue weighted by Crippen LogP contribution is -2.25. The minimum atomic E-state index is -0.0624. The van der Waals surface area contributed by atoms with Crippen LogP contribution in [0.3, 0.4) is 0 Å². The Balaban J connectivity index is 1.46. The van der Waals surface area contributed by atoms with Gasteiger partial charge in [-0.3, -0.25) is 9.78 Å². The molecule has 1 saturated carbocycles. The van der Waals surface area contributed by atoms with E-state index in [-0.39, 0.29) is 11.9 Å². The number of pyridine rings is 1. The Labute approximate surface area is 175 Å². The fraction of sp³-hybridized carbons (Fsp3) is 0.538. The van der Waals surface area contributed by atoms with Crippen molar-refractivity contribution in [3.8, 4) is 17.0 Å². The highest BCUT2D eigenvalue weighted by Crippen LogP contribution is 2.33. The van der Waals surface area contributed by atoms with Gasteiger partial charge in [0.2, 0.25) is 0 Å². The zero-order valence-corrected chi connectivity index (χ0v) is 18.0. The van der Waals surface area contributed by atoms with Crippen molar-refractivity contribution in [1.82, 2.24) is 4.98 Å². The Morgan fingerprint density at radius 3 is 2.34 bits per heavy atom. The smallest absolute Gasteiger partial charge is 0.314 e. The van der Waals surface area contributed by atoms with Crippen LogP contribution in [0.15, 0.2) is 42.6 Å². The van der Waals surface area contributed by atoms with E-state index in [1.807, 2.05) is 36.5 Å². The molecular formula is C26H35NO2. The molecule has 1 aromatic heterocycles. The van der Waals surface area contributed by atoms with Crippen LogP contribution in [-0.4, -0.2) is 11.0 Å². The van der Waals surface area contributed by atoms with Gasteiger partial charge >= 0.3 is 5.97 Å². The Bertz CT molecular complexity index is 743. The highest BCUT2D eigenvalue weighted by molar-refractivity contribution is 5.75. The number of rotatable bonds is 9. The third kappa shape index (κ3) is 6.42. The summed E-state index contributed by atoms with van der Waals surface area (Å²) in [6, 6.07) is 11.9. The fourth-order valence-electron chi connectivity index (χ4n) is 4.24. The monoisotopic (exact) mass is 393 g/mol. The molecule has 3 rings (SSSR count). The van der Waals surface area contributed by atoms with Crippen molar-refractivity contribution in [3.63, 3.8) is 0 Å². The van der Waals surface area contributed by atoms with E-state index in [1.54, 1.807) is 0 Å². The van der Waals surface area contributed by atoms with E-state index < -0.39 is 0 Å². The standard InChI is InChI=1S/C26H35NO2/c1-3-5-6-7-8-21-9-12-23(13-10-21)26(28)29-24-16-14-22(15-17-24)25-18-11-20(4-2)19-27-25/h11,14-19,21,23H,3-10,12-13H2,1-2H3. The number of unbranched alkanes of at least 4 members (excludes halogenated alkanes) is 3. The van der Waals surface area contributed by atoms with Gasteiger partial charge < -0.3 is 4.74 Å². The molecular weight excluding hydrogens is 358 g/mol. The minimum absolute atomic E-state index is 0.0600. The van der Waals surface area contributed by atoms with E-state index in [9.17, 15) is 4.79 Å². The Morgan fingerprint density at radius 2 is 1.72 bits per heavy atom. The maximum atomic E-state index is 12.6. The summed E-state index contributed by atoms with van der Waals surface area (Å²) in [5.74, 6) is 1.44. The predicted molar refractivity (Wildman–Crippen MR) is 119 cm³/mol. The van der Waals surface area contributed by atoms with Gasteiger partial charge in [-0.2, -0.15) is 0 Å². The molecule has 1 heterocycles. The first kappa shape index (κ1) is 21.5. The highest BCUT2D eigenvalue weighted by atomic mass is 16.5. The zero-order valence-electron chi connectivity index (χ0n) is 18.0. The Kier molecular flexibility index (Phi) is 8.27. The van der Waals surface area contributed by atoms with Gasteiger partial charge in [0.05, 0.1) is 11.6 Å². The number of benzene rings is 1. The number of carbonyl (C=O) groups is 1. The molecule has 1 fully saturated rings. The highest BCUT2D eigenvalue weighted by Gasteiger charge is 2.27. The molecule has 0 bridgehead atoms. The van der Waals surface area contributed by atoms with Crippen LogP contribution in [0.1, 0.15) is 77.2 Å². The molecule has 0 saturated heterocycles. The average Bonchev–Trinajstić information content (AvgIpc) is 2.78. The van der Waals surface area contributed by atoms with Crippen LogP contribution in [0.25, 0.3) is 11.3 Å². The van der Waals surface area contributed by atoms with E-state index in [2.05, 4.69) is 24.9 Å². The third-order valence-electron chi connectivity index (χ3n) is 6.25. The number of carbonyl (C=O) groups excluding carboxylic acids is 1. The van der Waals surface area contributed by atoms with Gasteiger partial charge in [-0.05, 0) is 73.9 Å². The molecule has 1 aromatic carbocycles. The van der Waals surface area contributed by atoms with Crippen molar-refractivity contribution in [3.05, 3.63) is 48.2 Å². The molecule has 3 heteroatoms. The third-order valence-corrected chi connectivity index (χ3v) is 6.25. The lowest BCUT2D eigenvalue weighted by Gasteiger charge is -2.27. The van der Waals surface area contributed by atoms with Crippen LogP contribution in [0, 0.1) is 11.8 Å². The van der Waals surface area contributed by atoms with E-state index >= 15 is 0 Å². The number of esters is 1. The summed E-state index contributed by atoms with van der Waals surface area (Å²) in [6.45, 7) is 4.38. The van der Waals surface area contributed by atoms with Crippen molar-refractivity contribution >= 4 is 5.97 Å². The van der Waals surface area contributed by atoms with Gasteiger partial charge in [-0.25, -0.2) is 0 Å². The van der Waals surface area contributed by atoms with Crippen LogP contribution in [-0.2, 0) is 11.2 Å². The van der Waals surface area contributed by atoms with Crippen LogP contribution < -0.4 is 4.74 Å². The summed E-state index contributed by atoms with van der Waals surface area (Å²) in [4.78, 5) is 17.1. The van der Waals surface area contributed by atoms with E-state index in [0.29, 0.717) is 5.75 Å². The van der Waals surface area contributed by atoms with Gasteiger partial charge in [-0.1, -0.05) is 52.0 Å². The van der Waals surface area contributed by atoms with Crippen molar-refractivity contribution in [2.75, 3.05) is 0 Å². The molecule has 0 atom stereocenters. The second kappa shape index (κ2) is 11.1. The largest absolute Gasteiger partial charge is 0.426 e. The second-order valence-electron chi connectivity index (χ2n) is 8.42. The predicted octanol–water partition coefficient (Wildman–Crippen LogP) is 6.99. The van der Waals surface area contributed by atoms with Crippen molar-refractivity contribution < 1.29 is 9.53 Å². The van der Waals surface area contributed by atoms with Gasteiger partial charge in [-0.15, -0.1) is 0 Å². The van der Waals surface area contributed by atoms with Gasteiger partial charge in [0.15, 0.2) is 0 Å². The lowest BCUT2D eigenvalue weighted by atomic mass is 9.80. The maximum absolute atomic E-state index is 12.6. The van der Waals surface area contributed by atoms with Crippen LogP contribution in [0.4, 0.5) is 0 Å². The molecule has 0 aliphatic heterocycles. The van der Waals surface area contributed by atoms with E-state index in [4.69, 9.17) is 4.74 Å². The lowest BCUT2D eigenvalue weighted by molar-refractivity contribution is -0.140. The molecule has 0 unspecified atom stereocenters. The first-order valence-electron chi connectivity index (χ1n) is 11.5. The molecule has 0 radical (unpaired) electrons. The summed E-state index contributed by atoms with van der Waals surface area (Å²) in [5, 5.41) is 0.